The Balaban J connectivity index is 1.25. The van der Waals surface area contributed by atoms with Gasteiger partial charge >= 0.3 is 5.97 Å². The molecule has 0 unspecified atom stereocenters. The van der Waals surface area contributed by atoms with Gasteiger partial charge in [0.2, 0.25) is 5.82 Å². The molecule has 0 saturated carbocycles. The maximum Gasteiger partial charge on any atom is 0.304 e. The van der Waals surface area contributed by atoms with Crippen LogP contribution in [0.15, 0.2) is 47.1 Å². The maximum absolute atomic E-state index is 11.2. The number of nitrogens with zero attached hydrogens (tertiary/aromatic N) is 5. The number of aryl methyl sites for hydroxylation is 1. The van der Waals surface area contributed by atoms with Crippen molar-refractivity contribution in [3.05, 3.63) is 48.3 Å². The predicted molar refractivity (Wildman–Crippen MR) is 121 cm³/mol. The van der Waals surface area contributed by atoms with Crippen LogP contribution in [-0.4, -0.2) is 57.1 Å². The fourth-order valence-electron chi connectivity index (χ4n) is 4.82. The molecule has 0 bridgehead atoms. The van der Waals surface area contributed by atoms with Crippen LogP contribution in [0.1, 0.15) is 24.5 Å². The Morgan fingerprint density at radius 3 is 2.73 bits per heavy atom. The smallest absolute Gasteiger partial charge is 0.304 e. The third-order valence-corrected chi connectivity index (χ3v) is 6.49. The molecule has 4 aromatic rings. The molecule has 2 aliphatic rings. The van der Waals surface area contributed by atoms with Gasteiger partial charge in [-0.05, 0) is 42.8 Å². The molecule has 9 heteroatoms. The first-order valence-corrected chi connectivity index (χ1v) is 11.1. The van der Waals surface area contributed by atoms with Crippen LogP contribution in [-0.2, 0) is 16.1 Å². The number of carboxylic acid groups (broad SMARTS) is 1. The zero-order valence-electron chi connectivity index (χ0n) is 18.0. The Morgan fingerprint density at radius 1 is 1.09 bits per heavy atom. The number of hydrogen-bond donors (Lipinski definition) is 1. The number of carboxylic acids is 1. The van der Waals surface area contributed by atoms with Crippen molar-refractivity contribution in [3.8, 4) is 22.8 Å². The molecule has 1 N–H and O–H groups in total. The molecule has 1 aromatic carbocycles. The second kappa shape index (κ2) is 8.00. The number of ether oxygens (including phenoxy) is 1. The van der Waals surface area contributed by atoms with Crippen molar-refractivity contribution in [1.29, 1.82) is 0 Å². The fourth-order valence-corrected chi connectivity index (χ4v) is 4.82. The highest BCUT2D eigenvalue weighted by atomic mass is 16.5. The number of morpholine rings is 1. The van der Waals surface area contributed by atoms with E-state index in [4.69, 9.17) is 9.26 Å². The van der Waals surface area contributed by atoms with E-state index >= 15 is 0 Å². The van der Waals surface area contributed by atoms with Crippen molar-refractivity contribution in [1.82, 2.24) is 19.7 Å². The third-order valence-electron chi connectivity index (χ3n) is 6.49. The first kappa shape index (κ1) is 19.9. The molecule has 0 amide bonds. The molecule has 33 heavy (non-hydrogen) atoms. The minimum Gasteiger partial charge on any atom is -0.481 e. The van der Waals surface area contributed by atoms with E-state index in [0.717, 1.165) is 59.6 Å². The van der Waals surface area contributed by atoms with Crippen LogP contribution in [0, 0.1) is 0 Å². The summed E-state index contributed by atoms with van der Waals surface area (Å²) in [6, 6.07) is 12.1. The average Bonchev–Trinajstić information content (AvgIpc) is 3.56. The minimum absolute atomic E-state index is 0.0584. The van der Waals surface area contributed by atoms with E-state index < -0.39 is 5.97 Å². The van der Waals surface area contributed by atoms with E-state index in [1.807, 2.05) is 30.3 Å². The molecular weight excluding hydrogens is 422 g/mol. The summed E-state index contributed by atoms with van der Waals surface area (Å²) in [6.45, 7) is 3.94. The highest BCUT2D eigenvalue weighted by Gasteiger charge is 2.27. The molecule has 3 aromatic heterocycles. The summed E-state index contributed by atoms with van der Waals surface area (Å²) >= 11 is 0. The van der Waals surface area contributed by atoms with Crippen molar-refractivity contribution in [2.24, 2.45) is 0 Å². The highest BCUT2D eigenvalue weighted by molar-refractivity contribution is 5.86. The number of anilines is 1. The first-order chi connectivity index (χ1) is 16.2. The number of aromatic nitrogens is 4. The molecule has 6 rings (SSSR count). The van der Waals surface area contributed by atoms with Gasteiger partial charge in [0.05, 0.1) is 25.2 Å². The Bertz CT molecular complexity index is 1320. The van der Waals surface area contributed by atoms with Crippen LogP contribution in [0.2, 0.25) is 0 Å². The van der Waals surface area contributed by atoms with Crippen molar-refractivity contribution in [2.45, 2.75) is 25.3 Å². The quantitative estimate of drug-likeness (QED) is 0.497. The summed E-state index contributed by atoms with van der Waals surface area (Å²) in [5.74, 6) is 1.15. The van der Waals surface area contributed by atoms with E-state index in [2.05, 4.69) is 30.7 Å². The van der Waals surface area contributed by atoms with Crippen LogP contribution < -0.4 is 4.90 Å². The van der Waals surface area contributed by atoms with E-state index in [9.17, 15) is 9.90 Å². The molecule has 1 fully saturated rings. The summed E-state index contributed by atoms with van der Waals surface area (Å²) < 4.78 is 13.1. The zero-order chi connectivity index (χ0) is 22.4. The number of rotatable bonds is 5. The first-order valence-electron chi connectivity index (χ1n) is 11.1. The summed E-state index contributed by atoms with van der Waals surface area (Å²) in [6.07, 6.45) is 2.79. The number of carbonyl (C=O) groups is 1. The van der Waals surface area contributed by atoms with Gasteiger partial charge < -0.3 is 23.8 Å². The molecule has 1 atom stereocenters. The summed E-state index contributed by atoms with van der Waals surface area (Å²) in [5.41, 5.74) is 3.82. The molecule has 0 radical (unpaired) electrons. The van der Waals surface area contributed by atoms with E-state index in [1.165, 1.54) is 0 Å². The lowest BCUT2D eigenvalue weighted by Crippen LogP contribution is -2.36. The topological polar surface area (TPSA) is 107 Å². The number of fused-ring (bicyclic) bond motifs is 3. The monoisotopic (exact) mass is 445 g/mol. The second-order valence-electron chi connectivity index (χ2n) is 8.51. The molecule has 0 aliphatic carbocycles. The van der Waals surface area contributed by atoms with Gasteiger partial charge in [-0.15, -0.1) is 0 Å². The summed E-state index contributed by atoms with van der Waals surface area (Å²) in [5, 5.41) is 14.4. The number of hydrogen-bond acceptors (Lipinski definition) is 7. The molecule has 9 nitrogen and oxygen atoms in total. The standard InChI is InChI=1S/C24H23N5O4/c30-22(31)13-15-5-6-29-19-3-1-16(11-18(19)12-20(15)29)23-26-24(33-27-23)17-2-4-21(25-14-17)28-7-9-32-10-8-28/h1-4,11-12,14-15H,5-10,13H2,(H,30,31)/t15-/m1/s1. The average molecular weight is 445 g/mol. The van der Waals surface area contributed by atoms with Crippen LogP contribution in [0.25, 0.3) is 33.7 Å². The van der Waals surface area contributed by atoms with Crippen LogP contribution in [0.3, 0.4) is 0 Å². The number of benzene rings is 1. The molecule has 1 saturated heterocycles. The number of aliphatic carboxylic acids is 1. The van der Waals surface area contributed by atoms with Gasteiger partial charge in [-0.3, -0.25) is 4.79 Å². The van der Waals surface area contributed by atoms with Crippen molar-refractivity contribution in [3.63, 3.8) is 0 Å². The van der Waals surface area contributed by atoms with E-state index in [1.54, 1.807) is 6.20 Å². The fraction of sp³-hybridized carbons (Fsp3) is 0.333. The van der Waals surface area contributed by atoms with Gasteiger partial charge in [0, 0.05) is 53.9 Å². The molecule has 0 spiro atoms. The van der Waals surface area contributed by atoms with Crippen molar-refractivity contribution in [2.75, 3.05) is 31.2 Å². The van der Waals surface area contributed by atoms with Gasteiger partial charge in [-0.2, -0.15) is 4.98 Å². The van der Waals surface area contributed by atoms with E-state index in [0.29, 0.717) is 24.9 Å². The Hall–Kier alpha value is -3.72. The van der Waals surface area contributed by atoms with Gasteiger partial charge in [-0.1, -0.05) is 5.16 Å². The molecule has 168 valence electrons. The zero-order valence-corrected chi connectivity index (χ0v) is 18.0. The largest absolute Gasteiger partial charge is 0.481 e. The Kier molecular flexibility index (Phi) is 4.83. The van der Waals surface area contributed by atoms with Gasteiger partial charge in [0.25, 0.3) is 5.89 Å². The van der Waals surface area contributed by atoms with Crippen LogP contribution in [0.4, 0.5) is 5.82 Å². The van der Waals surface area contributed by atoms with Crippen molar-refractivity contribution < 1.29 is 19.2 Å². The predicted octanol–water partition coefficient (Wildman–Crippen LogP) is 3.55. The van der Waals surface area contributed by atoms with E-state index in [-0.39, 0.29) is 12.3 Å². The van der Waals surface area contributed by atoms with Crippen molar-refractivity contribution >= 4 is 22.7 Å². The lowest BCUT2D eigenvalue weighted by atomic mass is 10.0. The second-order valence-corrected chi connectivity index (χ2v) is 8.51. The molecular formula is C24H23N5O4. The van der Waals surface area contributed by atoms with Crippen LogP contribution >= 0.6 is 0 Å². The lowest BCUT2D eigenvalue weighted by molar-refractivity contribution is -0.137. The Labute approximate surface area is 189 Å². The highest BCUT2D eigenvalue weighted by Crippen LogP contribution is 2.37. The normalized spacial score (nSPS) is 18.1. The minimum atomic E-state index is -0.758. The van der Waals surface area contributed by atoms with Crippen LogP contribution in [0.5, 0.6) is 0 Å². The summed E-state index contributed by atoms with van der Waals surface area (Å²) in [7, 11) is 0. The summed E-state index contributed by atoms with van der Waals surface area (Å²) in [4.78, 5) is 22.5. The lowest BCUT2D eigenvalue weighted by Gasteiger charge is -2.27. The van der Waals surface area contributed by atoms with Gasteiger partial charge in [0.1, 0.15) is 5.82 Å². The third kappa shape index (κ3) is 3.64. The molecule has 2 aliphatic heterocycles. The van der Waals surface area contributed by atoms with Gasteiger partial charge in [0.15, 0.2) is 0 Å². The number of pyridine rings is 1. The SMILES string of the molecule is O=C(O)C[C@H]1CCn2c1cc1cc(-c3noc(-c4ccc(N5CCOCC5)nc4)n3)ccc12. The van der Waals surface area contributed by atoms with Gasteiger partial charge in [-0.25, -0.2) is 4.98 Å². The maximum atomic E-state index is 11.2. The Morgan fingerprint density at radius 2 is 1.94 bits per heavy atom. The molecule has 5 heterocycles.